The summed E-state index contributed by atoms with van der Waals surface area (Å²) >= 11 is 3.39. The molecular formula is C19H16BrN5O. The van der Waals surface area contributed by atoms with Crippen molar-refractivity contribution in [3.8, 4) is 0 Å². The van der Waals surface area contributed by atoms with E-state index in [2.05, 4.69) is 31.4 Å². The molecule has 1 N–H and O–H groups in total. The van der Waals surface area contributed by atoms with Crippen LogP contribution >= 0.6 is 15.9 Å². The molecule has 2 aromatic heterocycles. The molecule has 4 aromatic rings. The summed E-state index contributed by atoms with van der Waals surface area (Å²) in [5.74, 6) is 0.436. The predicted molar refractivity (Wildman–Crippen MR) is 106 cm³/mol. The minimum absolute atomic E-state index is 0.292. The Kier molecular flexibility index (Phi) is 4.08. The summed E-state index contributed by atoms with van der Waals surface area (Å²) in [6, 6.07) is 15.6. The zero-order chi connectivity index (χ0) is 18.3. The maximum atomic E-state index is 12.7. The summed E-state index contributed by atoms with van der Waals surface area (Å²) in [5.41, 5.74) is 6.61. The first kappa shape index (κ1) is 16.5. The quantitative estimate of drug-likeness (QED) is 0.414. The van der Waals surface area contributed by atoms with Gasteiger partial charge in [-0.15, -0.1) is 0 Å². The Labute approximate surface area is 158 Å². The number of hydrogen-bond donors (Lipinski definition) is 1. The third kappa shape index (κ3) is 2.70. The lowest BCUT2D eigenvalue weighted by atomic mass is 10.2. The molecular weight excluding hydrogens is 394 g/mol. The summed E-state index contributed by atoms with van der Waals surface area (Å²) in [4.78, 5) is 17.3. The predicted octanol–water partition coefficient (Wildman–Crippen LogP) is 3.66. The molecule has 130 valence electrons. The molecule has 0 saturated heterocycles. The standard InChI is InChI=1S/C19H16BrN5O/c1-12-17(18(26)23-21-11-13-7-9-14(20)10-8-13)25-16-6-4-3-5-15(16)24(2)19(25)22-12/h3-11H,1-2H3,(H,23,26). The molecule has 0 aliphatic carbocycles. The number of nitrogens with one attached hydrogen (secondary N) is 1. The first-order chi connectivity index (χ1) is 12.6. The molecule has 7 heteroatoms. The summed E-state index contributed by atoms with van der Waals surface area (Å²) < 4.78 is 4.84. The fourth-order valence-corrected chi connectivity index (χ4v) is 3.31. The monoisotopic (exact) mass is 409 g/mol. The molecule has 4 rings (SSSR count). The highest BCUT2D eigenvalue weighted by atomic mass is 79.9. The lowest BCUT2D eigenvalue weighted by Crippen LogP contribution is -2.20. The normalized spacial score (nSPS) is 11.7. The van der Waals surface area contributed by atoms with Gasteiger partial charge in [0.2, 0.25) is 5.78 Å². The number of aryl methyl sites for hydroxylation is 2. The summed E-state index contributed by atoms with van der Waals surface area (Å²) in [6.45, 7) is 1.83. The maximum Gasteiger partial charge on any atom is 0.290 e. The van der Waals surface area contributed by atoms with Crippen LogP contribution in [0.15, 0.2) is 58.1 Å². The van der Waals surface area contributed by atoms with Crippen LogP contribution < -0.4 is 5.43 Å². The molecule has 2 aromatic carbocycles. The van der Waals surface area contributed by atoms with Gasteiger partial charge in [0.05, 0.1) is 22.9 Å². The number of halogens is 1. The molecule has 6 nitrogen and oxygen atoms in total. The second-order valence-electron chi connectivity index (χ2n) is 5.98. The van der Waals surface area contributed by atoms with Gasteiger partial charge in [-0.2, -0.15) is 5.10 Å². The van der Waals surface area contributed by atoms with Crippen molar-refractivity contribution in [3.05, 3.63) is 70.0 Å². The number of amides is 1. The van der Waals surface area contributed by atoms with Crippen LogP contribution in [0.25, 0.3) is 16.8 Å². The Morgan fingerprint density at radius 3 is 2.58 bits per heavy atom. The molecule has 26 heavy (non-hydrogen) atoms. The number of aromatic nitrogens is 3. The van der Waals surface area contributed by atoms with Crippen molar-refractivity contribution in [2.45, 2.75) is 6.92 Å². The number of benzene rings is 2. The molecule has 0 bridgehead atoms. The highest BCUT2D eigenvalue weighted by molar-refractivity contribution is 9.10. The Morgan fingerprint density at radius 1 is 1.15 bits per heavy atom. The van der Waals surface area contributed by atoms with Crippen molar-refractivity contribution < 1.29 is 4.79 Å². The van der Waals surface area contributed by atoms with Gasteiger partial charge in [-0.25, -0.2) is 10.4 Å². The molecule has 0 spiro atoms. The van der Waals surface area contributed by atoms with E-state index < -0.39 is 0 Å². The molecule has 0 radical (unpaired) electrons. The van der Waals surface area contributed by atoms with Crippen LogP contribution in [0.1, 0.15) is 21.7 Å². The SMILES string of the molecule is Cc1nc2n(C)c3ccccc3n2c1C(=O)NN=Cc1ccc(Br)cc1. The largest absolute Gasteiger partial charge is 0.313 e. The van der Waals surface area contributed by atoms with Gasteiger partial charge >= 0.3 is 0 Å². The van der Waals surface area contributed by atoms with Crippen LogP contribution in [0.2, 0.25) is 0 Å². The number of hydrogen-bond acceptors (Lipinski definition) is 3. The van der Waals surface area contributed by atoms with Gasteiger partial charge in [0.25, 0.3) is 5.91 Å². The van der Waals surface area contributed by atoms with Crippen molar-refractivity contribution >= 4 is 44.9 Å². The number of imidazole rings is 2. The Morgan fingerprint density at radius 2 is 1.85 bits per heavy atom. The third-order valence-electron chi connectivity index (χ3n) is 4.28. The molecule has 0 saturated carbocycles. The molecule has 0 aliphatic heterocycles. The minimum Gasteiger partial charge on any atom is -0.313 e. The number of carbonyl (C=O) groups excluding carboxylic acids is 1. The van der Waals surface area contributed by atoms with Crippen molar-refractivity contribution in [1.82, 2.24) is 19.4 Å². The molecule has 1 amide bonds. The topological polar surface area (TPSA) is 63.7 Å². The highest BCUT2D eigenvalue weighted by Crippen LogP contribution is 2.23. The Hall–Kier alpha value is -2.93. The van der Waals surface area contributed by atoms with E-state index in [1.54, 1.807) is 6.21 Å². The lowest BCUT2D eigenvalue weighted by Gasteiger charge is -2.01. The number of rotatable bonds is 3. The summed E-state index contributed by atoms with van der Waals surface area (Å²) in [6.07, 6.45) is 1.61. The van der Waals surface area contributed by atoms with E-state index in [1.807, 2.05) is 71.5 Å². The van der Waals surface area contributed by atoms with Gasteiger partial charge in [0.1, 0.15) is 5.69 Å². The lowest BCUT2D eigenvalue weighted by molar-refractivity contribution is 0.0949. The number of para-hydroxylation sites is 2. The van der Waals surface area contributed by atoms with Gasteiger partial charge in [-0.1, -0.05) is 40.2 Å². The van der Waals surface area contributed by atoms with Gasteiger partial charge in [-0.3, -0.25) is 9.20 Å². The van der Waals surface area contributed by atoms with Crippen LogP contribution in [0.5, 0.6) is 0 Å². The van der Waals surface area contributed by atoms with E-state index in [0.717, 1.165) is 26.8 Å². The first-order valence-corrected chi connectivity index (χ1v) is 8.87. The number of carbonyl (C=O) groups is 1. The zero-order valence-electron chi connectivity index (χ0n) is 14.3. The second kappa shape index (κ2) is 6.42. The summed E-state index contributed by atoms with van der Waals surface area (Å²) in [5, 5.41) is 4.07. The average Bonchev–Trinajstić information content (AvgIpc) is 3.11. The van der Waals surface area contributed by atoms with Crippen LogP contribution in [0, 0.1) is 6.92 Å². The Balaban J connectivity index is 1.69. The zero-order valence-corrected chi connectivity index (χ0v) is 15.9. The molecule has 0 unspecified atom stereocenters. The summed E-state index contributed by atoms with van der Waals surface area (Å²) in [7, 11) is 1.94. The third-order valence-corrected chi connectivity index (χ3v) is 4.81. The molecule has 0 atom stereocenters. The molecule has 0 aliphatic rings. The van der Waals surface area contributed by atoms with Crippen LogP contribution in [-0.4, -0.2) is 26.1 Å². The van der Waals surface area contributed by atoms with Gasteiger partial charge in [-0.05, 0) is 36.8 Å². The molecule has 2 heterocycles. The fourth-order valence-electron chi connectivity index (χ4n) is 3.05. The van der Waals surface area contributed by atoms with E-state index in [4.69, 9.17) is 0 Å². The van der Waals surface area contributed by atoms with Crippen molar-refractivity contribution in [3.63, 3.8) is 0 Å². The van der Waals surface area contributed by atoms with E-state index in [0.29, 0.717) is 11.4 Å². The number of nitrogens with zero attached hydrogens (tertiary/aromatic N) is 4. The van der Waals surface area contributed by atoms with E-state index >= 15 is 0 Å². The van der Waals surface area contributed by atoms with E-state index in [9.17, 15) is 4.79 Å². The van der Waals surface area contributed by atoms with Crippen molar-refractivity contribution in [2.75, 3.05) is 0 Å². The van der Waals surface area contributed by atoms with E-state index in [-0.39, 0.29) is 5.91 Å². The number of hydrazone groups is 1. The van der Waals surface area contributed by atoms with Crippen LogP contribution in [-0.2, 0) is 7.05 Å². The Bertz CT molecular complexity index is 1150. The van der Waals surface area contributed by atoms with E-state index in [1.165, 1.54) is 0 Å². The van der Waals surface area contributed by atoms with Crippen LogP contribution in [0.3, 0.4) is 0 Å². The smallest absolute Gasteiger partial charge is 0.290 e. The molecule has 0 fully saturated rings. The number of fused-ring (bicyclic) bond motifs is 3. The average molecular weight is 410 g/mol. The van der Waals surface area contributed by atoms with Crippen LogP contribution in [0.4, 0.5) is 0 Å². The van der Waals surface area contributed by atoms with Crippen molar-refractivity contribution in [2.24, 2.45) is 12.1 Å². The second-order valence-corrected chi connectivity index (χ2v) is 6.90. The van der Waals surface area contributed by atoms with Gasteiger partial charge in [0.15, 0.2) is 0 Å². The van der Waals surface area contributed by atoms with Gasteiger partial charge < -0.3 is 4.57 Å². The highest BCUT2D eigenvalue weighted by Gasteiger charge is 2.21. The van der Waals surface area contributed by atoms with Gasteiger partial charge in [0, 0.05) is 11.5 Å². The van der Waals surface area contributed by atoms with Crippen molar-refractivity contribution in [1.29, 1.82) is 0 Å². The minimum atomic E-state index is -0.292. The maximum absolute atomic E-state index is 12.7. The first-order valence-electron chi connectivity index (χ1n) is 8.07. The fraction of sp³-hybridized carbons (Fsp3) is 0.105.